The maximum absolute atomic E-state index is 13.9. The van der Waals surface area contributed by atoms with Crippen LogP contribution in [0.5, 0.6) is 0 Å². The van der Waals surface area contributed by atoms with Crippen molar-refractivity contribution in [2.45, 2.75) is 89.2 Å². The maximum atomic E-state index is 13.9. The number of alkyl halides is 4. The predicted molar refractivity (Wildman–Crippen MR) is 132 cm³/mol. The number of hydrogen-bond donors (Lipinski definition) is 0. The van der Waals surface area contributed by atoms with Gasteiger partial charge in [-0.15, -0.1) is 0 Å². The summed E-state index contributed by atoms with van der Waals surface area (Å²) >= 11 is 0. The number of fused-ring (bicyclic) bond motifs is 1. The molecule has 3 aromatic heterocycles. The molecule has 204 valence electrons. The standard InChI is InChI=1S/C27H30F4N4O3/c1-15-16(2)32-25-20(17-5-8-27(30,31)9-6-17)12-21(33-35(25)26(15)37)18-7-10-38-22(11-18)19-3-4-24(36)34(13-19)14-23(28)29/h3-4,12-13,17-18,22-23H,5-11,14H2,1-2H3/t18-,22+/m0/s1. The first-order valence-corrected chi connectivity index (χ1v) is 12.9. The van der Waals surface area contributed by atoms with Crippen LogP contribution in [-0.2, 0) is 11.3 Å². The number of nitrogens with zero attached hydrogens (tertiary/aromatic N) is 4. The van der Waals surface area contributed by atoms with Crippen LogP contribution < -0.4 is 11.1 Å². The predicted octanol–water partition coefficient (Wildman–Crippen LogP) is 5.06. The molecule has 2 atom stereocenters. The van der Waals surface area contributed by atoms with Gasteiger partial charge in [0.05, 0.1) is 18.3 Å². The highest BCUT2D eigenvalue weighted by atomic mass is 19.3. The number of pyridine rings is 1. The lowest BCUT2D eigenvalue weighted by molar-refractivity contribution is -0.0382. The second-order valence-corrected chi connectivity index (χ2v) is 10.4. The highest BCUT2D eigenvalue weighted by Gasteiger charge is 2.37. The summed E-state index contributed by atoms with van der Waals surface area (Å²) in [5.74, 6) is -2.99. The summed E-state index contributed by atoms with van der Waals surface area (Å²) in [4.78, 5) is 29.8. The fourth-order valence-corrected chi connectivity index (χ4v) is 5.53. The van der Waals surface area contributed by atoms with Gasteiger partial charge in [-0.1, -0.05) is 0 Å². The number of aryl methyl sites for hydroxylation is 1. The summed E-state index contributed by atoms with van der Waals surface area (Å²) in [5, 5.41) is 4.67. The second-order valence-electron chi connectivity index (χ2n) is 10.4. The summed E-state index contributed by atoms with van der Waals surface area (Å²) in [6.07, 6.45) is -0.503. The lowest BCUT2D eigenvalue weighted by atomic mass is 9.81. The molecule has 1 saturated carbocycles. The molecule has 0 radical (unpaired) electrons. The molecule has 38 heavy (non-hydrogen) atoms. The summed E-state index contributed by atoms with van der Waals surface area (Å²) < 4.78 is 61.9. The monoisotopic (exact) mass is 534 g/mol. The molecule has 1 saturated heterocycles. The number of rotatable bonds is 5. The lowest BCUT2D eigenvalue weighted by Gasteiger charge is -2.32. The van der Waals surface area contributed by atoms with Gasteiger partial charge >= 0.3 is 0 Å². The van der Waals surface area contributed by atoms with E-state index in [4.69, 9.17) is 4.74 Å². The van der Waals surface area contributed by atoms with E-state index in [1.54, 1.807) is 19.9 Å². The summed E-state index contributed by atoms with van der Waals surface area (Å²) in [5.41, 5.74) is 2.65. The molecule has 11 heteroatoms. The molecule has 4 heterocycles. The molecule has 5 rings (SSSR count). The van der Waals surface area contributed by atoms with Crippen LogP contribution in [0.1, 0.15) is 84.5 Å². The minimum atomic E-state index is -2.69. The molecular formula is C27H30F4N4O3. The van der Waals surface area contributed by atoms with Gasteiger partial charge in [-0.05, 0) is 63.1 Å². The van der Waals surface area contributed by atoms with Crippen molar-refractivity contribution in [2.75, 3.05) is 6.61 Å². The molecule has 0 spiro atoms. The zero-order valence-electron chi connectivity index (χ0n) is 21.3. The van der Waals surface area contributed by atoms with E-state index in [-0.39, 0.29) is 43.1 Å². The van der Waals surface area contributed by atoms with Crippen LogP contribution in [0.2, 0.25) is 0 Å². The Morgan fingerprint density at radius 2 is 1.84 bits per heavy atom. The van der Waals surface area contributed by atoms with E-state index in [9.17, 15) is 27.2 Å². The Balaban J connectivity index is 1.52. The van der Waals surface area contributed by atoms with E-state index in [2.05, 4.69) is 10.1 Å². The Hall–Kier alpha value is -3.08. The van der Waals surface area contributed by atoms with Crippen molar-refractivity contribution in [2.24, 2.45) is 0 Å². The zero-order chi connectivity index (χ0) is 27.2. The molecular weight excluding hydrogens is 504 g/mol. The average Bonchev–Trinajstić information content (AvgIpc) is 2.88. The van der Waals surface area contributed by atoms with Gasteiger partial charge in [-0.3, -0.25) is 9.59 Å². The maximum Gasteiger partial charge on any atom is 0.277 e. The van der Waals surface area contributed by atoms with Gasteiger partial charge in [-0.2, -0.15) is 9.61 Å². The van der Waals surface area contributed by atoms with Crippen LogP contribution in [0.4, 0.5) is 17.6 Å². The van der Waals surface area contributed by atoms with Crippen molar-refractivity contribution < 1.29 is 22.3 Å². The highest BCUT2D eigenvalue weighted by Crippen LogP contribution is 2.43. The lowest BCUT2D eigenvalue weighted by Crippen LogP contribution is -2.28. The average molecular weight is 535 g/mol. The van der Waals surface area contributed by atoms with Crippen LogP contribution in [0.15, 0.2) is 34.0 Å². The van der Waals surface area contributed by atoms with Crippen LogP contribution in [0, 0.1) is 13.8 Å². The fraction of sp³-hybridized carbons (Fsp3) is 0.556. The minimum absolute atomic E-state index is 0.133. The molecule has 1 aliphatic carbocycles. The van der Waals surface area contributed by atoms with Crippen LogP contribution >= 0.6 is 0 Å². The Labute approximate surface area is 216 Å². The summed E-state index contributed by atoms with van der Waals surface area (Å²) in [6.45, 7) is 3.10. The van der Waals surface area contributed by atoms with Crippen molar-refractivity contribution >= 4 is 5.65 Å². The third kappa shape index (κ3) is 5.25. The number of halogens is 4. The van der Waals surface area contributed by atoms with Gasteiger partial charge in [0.2, 0.25) is 5.92 Å². The molecule has 1 aliphatic heterocycles. The molecule has 3 aromatic rings. The van der Waals surface area contributed by atoms with Gasteiger partial charge in [0.1, 0.15) is 0 Å². The first kappa shape index (κ1) is 26.5. The molecule has 0 bridgehead atoms. The van der Waals surface area contributed by atoms with Gasteiger partial charge in [0.15, 0.2) is 5.65 Å². The van der Waals surface area contributed by atoms with E-state index in [1.807, 2.05) is 6.07 Å². The smallest absolute Gasteiger partial charge is 0.277 e. The molecule has 0 amide bonds. The Morgan fingerprint density at radius 1 is 1.11 bits per heavy atom. The molecule has 2 aliphatic rings. The van der Waals surface area contributed by atoms with E-state index in [0.717, 1.165) is 10.1 Å². The number of hydrogen-bond acceptors (Lipinski definition) is 5. The van der Waals surface area contributed by atoms with E-state index >= 15 is 0 Å². The van der Waals surface area contributed by atoms with Crippen LogP contribution in [-0.4, -0.2) is 38.1 Å². The molecule has 0 aromatic carbocycles. The Kier molecular flexibility index (Phi) is 7.15. The van der Waals surface area contributed by atoms with Gasteiger partial charge in [0, 0.05) is 54.5 Å². The number of aromatic nitrogens is 4. The van der Waals surface area contributed by atoms with Crippen molar-refractivity contribution in [1.82, 2.24) is 19.2 Å². The zero-order valence-corrected chi connectivity index (χ0v) is 21.3. The van der Waals surface area contributed by atoms with E-state index in [0.29, 0.717) is 47.6 Å². The van der Waals surface area contributed by atoms with Crippen LogP contribution in [0.3, 0.4) is 0 Å². The van der Waals surface area contributed by atoms with Gasteiger partial charge < -0.3 is 9.30 Å². The van der Waals surface area contributed by atoms with E-state index in [1.165, 1.54) is 16.8 Å². The minimum Gasteiger partial charge on any atom is -0.373 e. The third-order valence-corrected chi connectivity index (χ3v) is 7.88. The normalized spacial score (nSPS) is 22.3. The van der Waals surface area contributed by atoms with Gasteiger partial charge in [-0.25, -0.2) is 22.5 Å². The molecule has 7 nitrogen and oxygen atoms in total. The Morgan fingerprint density at radius 3 is 2.55 bits per heavy atom. The van der Waals surface area contributed by atoms with Crippen molar-refractivity contribution in [1.29, 1.82) is 0 Å². The molecule has 0 unspecified atom stereocenters. The topological polar surface area (TPSA) is 78.5 Å². The van der Waals surface area contributed by atoms with Gasteiger partial charge in [0.25, 0.3) is 17.5 Å². The largest absolute Gasteiger partial charge is 0.373 e. The quantitative estimate of drug-likeness (QED) is 0.428. The van der Waals surface area contributed by atoms with Crippen LogP contribution in [0.25, 0.3) is 5.65 Å². The Bertz CT molecular complexity index is 1460. The summed E-state index contributed by atoms with van der Waals surface area (Å²) in [7, 11) is 0. The third-order valence-electron chi connectivity index (χ3n) is 7.88. The fourth-order valence-electron chi connectivity index (χ4n) is 5.53. The SMILES string of the molecule is Cc1nc2c(C3CCC(F)(F)CC3)cc([C@H]3CCO[C@@H](c4ccc(=O)n(CC(F)F)c4)C3)nn2c(=O)c1C. The van der Waals surface area contributed by atoms with Crippen molar-refractivity contribution in [3.63, 3.8) is 0 Å². The molecule has 2 fully saturated rings. The summed E-state index contributed by atoms with van der Waals surface area (Å²) in [6, 6.07) is 4.74. The van der Waals surface area contributed by atoms with Crippen molar-refractivity contribution in [3.8, 4) is 0 Å². The first-order valence-electron chi connectivity index (χ1n) is 12.9. The highest BCUT2D eigenvalue weighted by molar-refractivity contribution is 5.51. The first-order chi connectivity index (χ1) is 18.0. The number of ether oxygens (including phenoxy) is 1. The molecule has 0 N–H and O–H groups in total. The van der Waals surface area contributed by atoms with E-state index < -0.39 is 30.6 Å². The van der Waals surface area contributed by atoms with Crippen molar-refractivity contribution in [3.05, 3.63) is 73.2 Å². The second kappa shape index (κ2) is 10.2.